The van der Waals surface area contributed by atoms with Gasteiger partial charge in [0.05, 0.1) is 44.6 Å². The number of carbonyl (C=O) groups is 1. The molecule has 0 saturated carbocycles. The van der Waals surface area contributed by atoms with E-state index in [0.29, 0.717) is 0 Å². The van der Waals surface area contributed by atoms with E-state index in [-0.39, 0.29) is 24.2 Å². The molecule has 2 fully saturated rings. The highest BCUT2D eigenvalue weighted by Crippen LogP contribution is 2.52. The minimum Gasteiger partial charge on any atom is -0.465 e. The van der Waals surface area contributed by atoms with Gasteiger partial charge in [0.1, 0.15) is 23.8 Å². The normalized spacial score (nSPS) is 24.3. The monoisotopic (exact) mass is 702 g/mol. The van der Waals surface area contributed by atoms with Crippen LogP contribution in [0, 0.1) is 0 Å². The van der Waals surface area contributed by atoms with Gasteiger partial charge in [-0.1, -0.05) is 22.4 Å². The number of hydrogen-bond acceptors (Lipinski definition) is 14. The van der Waals surface area contributed by atoms with Crippen LogP contribution >= 0.6 is 7.82 Å². The Morgan fingerprint density at radius 1 is 0.878 bits per heavy atom. The minimum atomic E-state index is -4.80. The summed E-state index contributed by atoms with van der Waals surface area (Å²) in [6.07, 6.45) is -1.94. The number of aromatic amines is 2. The first-order valence-corrected chi connectivity index (χ1v) is 15.8. The zero-order valence-corrected chi connectivity index (χ0v) is 26.2. The number of esters is 1. The van der Waals surface area contributed by atoms with Crippen molar-refractivity contribution >= 4 is 13.8 Å². The fraction of sp³-hybridized carbons (Fsp3) is 0.423. The average molecular weight is 703 g/mol. The van der Waals surface area contributed by atoms with Gasteiger partial charge in [-0.05, 0) is 23.2 Å². The number of ether oxygens (including phenoxy) is 3. The van der Waals surface area contributed by atoms with Crippen molar-refractivity contribution in [2.75, 3.05) is 20.3 Å². The summed E-state index contributed by atoms with van der Waals surface area (Å²) in [6, 6.07) is 5.89. The average Bonchev–Trinajstić information content (AvgIpc) is 3.66. The van der Waals surface area contributed by atoms with Crippen molar-refractivity contribution in [3.8, 4) is 5.75 Å². The number of azide groups is 2. The molecule has 2 saturated heterocycles. The Labute approximate surface area is 273 Å². The van der Waals surface area contributed by atoms with E-state index in [1.54, 1.807) is 0 Å². The number of para-hydroxylation sites is 1. The van der Waals surface area contributed by atoms with E-state index < -0.39 is 86.3 Å². The van der Waals surface area contributed by atoms with E-state index in [0.717, 1.165) is 28.4 Å². The predicted molar refractivity (Wildman–Crippen MR) is 163 cm³/mol. The standard InChI is InChI=1S/C26H27N10O12P/c1-43-24(39)14-4-2-3-5-17(14)48-49(42,44-12-18-15(31-33-27)10-22(46-18)35-8-6-20(37)29-25(35)40)45-13-19-16(32-34-28)11-23(47-19)36-9-7-21(38)30-26(36)41/h2-9,15-16,18-19,22-23H,10-13H2,1H3,(H,29,37,40)(H,30,38,41)/t15-,16-,18+,19+,22+,23+/m0/s1. The smallest absolute Gasteiger partial charge is 0.465 e. The van der Waals surface area contributed by atoms with Gasteiger partial charge in [0.2, 0.25) is 0 Å². The Morgan fingerprint density at radius 2 is 1.37 bits per heavy atom. The zero-order chi connectivity index (χ0) is 35.1. The lowest BCUT2D eigenvalue weighted by atomic mass is 10.1. The van der Waals surface area contributed by atoms with Crippen LogP contribution in [0.3, 0.4) is 0 Å². The highest BCUT2D eigenvalue weighted by atomic mass is 31.2. The molecule has 2 aliphatic rings. The molecule has 3 aromatic rings. The number of methoxy groups -OCH3 is 1. The maximum absolute atomic E-state index is 14.2. The molecule has 2 N–H and O–H groups in total. The molecular weight excluding hydrogens is 675 g/mol. The second-order valence-electron chi connectivity index (χ2n) is 10.4. The van der Waals surface area contributed by atoms with E-state index in [1.165, 1.54) is 36.7 Å². The molecule has 2 aliphatic heterocycles. The fourth-order valence-corrected chi connectivity index (χ4v) is 6.36. The Kier molecular flexibility index (Phi) is 10.8. The third-order valence-corrected chi connectivity index (χ3v) is 8.78. The van der Waals surface area contributed by atoms with Gasteiger partial charge in [0, 0.05) is 47.2 Å². The van der Waals surface area contributed by atoms with Crippen molar-refractivity contribution in [1.29, 1.82) is 0 Å². The van der Waals surface area contributed by atoms with Crippen LogP contribution in [0.25, 0.3) is 20.9 Å². The topological polar surface area (TPSA) is 297 Å². The summed E-state index contributed by atoms with van der Waals surface area (Å²) in [4.78, 5) is 70.0. The van der Waals surface area contributed by atoms with Gasteiger partial charge in [0.15, 0.2) is 0 Å². The van der Waals surface area contributed by atoms with E-state index in [2.05, 4.69) is 30.0 Å². The second kappa shape index (κ2) is 15.2. The van der Waals surface area contributed by atoms with Crippen LogP contribution in [-0.4, -0.2) is 69.7 Å². The van der Waals surface area contributed by atoms with Crippen LogP contribution in [0.1, 0.15) is 35.7 Å². The number of carbonyl (C=O) groups excluding carboxylic acids is 1. The van der Waals surface area contributed by atoms with E-state index >= 15 is 0 Å². The molecule has 22 nitrogen and oxygen atoms in total. The Morgan fingerprint density at radius 3 is 1.82 bits per heavy atom. The molecule has 5 rings (SSSR count). The first-order valence-electron chi connectivity index (χ1n) is 14.3. The van der Waals surface area contributed by atoms with Crippen molar-refractivity contribution < 1.29 is 37.1 Å². The highest BCUT2D eigenvalue weighted by molar-refractivity contribution is 7.48. The van der Waals surface area contributed by atoms with Crippen molar-refractivity contribution in [1.82, 2.24) is 19.1 Å². The molecule has 6 atom stereocenters. The van der Waals surface area contributed by atoms with Gasteiger partial charge < -0.3 is 18.7 Å². The number of H-pyrrole nitrogens is 2. The van der Waals surface area contributed by atoms with Gasteiger partial charge in [-0.2, -0.15) is 0 Å². The largest absolute Gasteiger partial charge is 0.530 e. The van der Waals surface area contributed by atoms with Gasteiger partial charge in [-0.15, -0.1) is 0 Å². The molecule has 49 heavy (non-hydrogen) atoms. The lowest BCUT2D eigenvalue weighted by Gasteiger charge is -2.24. The van der Waals surface area contributed by atoms with Crippen LogP contribution in [0.4, 0.5) is 0 Å². The van der Waals surface area contributed by atoms with Crippen molar-refractivity contribution in [2.45, 2.75) is 49.6 Å². The summed E-state index contributed by atoms with van der Waals surface area (Å²) in [5.41, 5.74) is 15.3. The number of nitrogens with one attached hydrogen (secondary N) is 2. The molecule has 0 spiro atoms. The number of benzene rings is 1. The number of phosphoric acid groups is 1. The molecule has 0 radical (unpaired) electrons. The molecule has 0 aliphatic carbocycles. The summed E-state index contributed by atoms with van der Waals surface area (Å²) in [6.45, 7) is -1.20. The maximum atomic E-state index is 14.2. The Hall–Kier alpha value is -5.46. The third-order valence-electron chi connectivity index (χ3n) is 7.43. The highest BCUT2D eigenvalue weighted by Gasteiger charge is 2.42. The Balaban J connectivity index is 1.40. The van der Waals surface area contributed by atoms with Crippen molar-refractivity contribution in [2.24, 2.45) is 10.2 Å². The molecule has 0 bridgehead atoms. The molecular formula is C26H27N10O12P. The summed E-state index contributed by atoms with van der Waals surface area (Å²) in [7, 11) is -3.67. The van der Waals surface area contributed by atoms with Crippen LogP contribution in [0.2, 0.25) is 0 Å². The van der Waals surface area contributed by atoms with E-state index in [9.17, 15) is 28.5 Å². The zero-order valence-electron chi connectivity index (χ0n) is 25.3. The molecule has 0 amide bonds. The summed E-state index contributed by atoms with van der Waals surface area (Å²) in [5, 5.41) is 7.38. The number of nitrogens with zero attached hydrogens (tertiary/aromatic N) is 8. The van der Waals surface area contributed by atoms with E-state index in [1.807, 2.05) is 0 Å². The van der Waals surface area contributed by atoms with Crippen molar-refractivity contribution in [3.05, 3.63) is 117 Å². The predicted octanol–water partition coefficient (Wildman–Crippen LogP) is 2.03. The summed E-state index contributed by atoms with van der Waals surface area (Å²) < 4.78 is 49.9. The molecule has 0 unspecified atom stereocenters. The SMILES string of the molecule is COC(=O)c1ccccc1OP(=O)(OC[C@H]1O[C@@H](n2ccc(=O)[nH]c2=O)C[C@@H]1N=[N+]=[N-])OC[C@H]1O[C@@H](n2ccc(=O)[nH]c2=O)C[C@@H]1N=[N+]=[N-]. The third kappa shape index (κ3) is 8.16. The van der Waals surface area contributed by atoms with Crippen LogP contribution in [0.15, 0.2) is 78.2 Å². The van der Waals surface area contributed by atoms with Crippen LogP contribution in [0.5, 0.6) is 5.75 Å². The van der Waals surface area contributed by atoms with Gasteiger partial charge in [0.25, 0.3) is 11.1 Å². The lowest BCUT2D eigenvalue weighted by Crippen LogP contribution is -2.32. The van der Waals surface area contributed by atoms with Crippen molar-refractivity contribution in [3.63, 3.8) is 0 Å². The van der Waals surface area contributed by atoms with E-state index in [4.69, 9.17) is 38.8 Å². The molecule has 23 heteroatoms. The first-order chi connectivity index (χ1) is 23.5. The molecule has 4 heterocycles. The number of phosphoric ester groups is 1. The van der Waals surface area contributed by atoms with Gasteiger partial charge in [-0.25, -0.2) is 18.9 Å². The molecule has 2 aromatic heterocycles. The minimum absolute atomic E-state index is 0.0313. The summed E-state index contributed by atoms with van der Waals surface area (Å²) in [5.74, 6) is -1.10. The summed E-state index contributed by atoms with van der Waals surface area (Å²) >= 11 is 0. The number of hydrogen-bond donors (Lipinski definition) is 2. The number of aromatic nitrogens is 4. The Bertz CT molecular complexity index is 1970. The second-order valence-corrected chi connectivity index (χ2v) is 12.0. The molecule has 1 aromatic carbocycles. The fourth-order valence-electron chi connectivity index (χ4n) is 5.12. The lowest BCUT2D eigenvalue weighted by molar-refractivity contribution is -0.0392. The van der Waals surface area contributed by atoms with Crippen LogP contribution < -0.4 is 27.0 Å². The van der Waals surface area contributed by atoms with Gasteiger partial charge in [-0.3, -0.25) is 37.7 Å². The van der Waals surface area contributed by atoms with Crippen LogP contribution in [-0.2, 0) is 27.8 Å². The quantitative estimate of drug-likeness (QED) is 0.0850. The van der Waals surface area contributed by atoms with Gasteiger partial charge >= 0.3 is 25.2 Å². The number of rotatable bonds is 13. The first kappa shape index (κ1) is 34.9. The molecule has 258 valence electrons. The maximum Gasteiger partial charge on any atom is 0.530 e.